The first-order chi connectivity index (χ1) is 8.74. The van der Waals surface area contributed by atoms with Crippen LogP contribution in [0.3, 0.4) is 0 Å². The Morgan fingerprint density at radius 2 is 1.53 bits per heavy atom. The Balaban J connectivity index is 0. The monoisotopic (exact) mass is 265 g/mol. The maximum Gasteiger partial charge on any atom is 0.214 e. The molecule has 0 fully saturated rings. The second kappa shape index (κ2) is 11.8. The highest BCUT2D eigenvalue weighted by Crippen LogP contribution is 2.07. The van der Waals surface area contributed by atoms with Gasteiger partial charge in [0.25, 0.3) is 0 Å². The maximum atomic E-state index is 9.22. The molecule has 19 heavy (non-hydrogen) atoms. The Morgan fingerprint density at radius 3 is 1.74 bits per heavy atom. The van der Waals surface area contributed by atoms with Crippen LogP contribution in [0.2, 0.25) is 0 Å². The lowest BCUT2D eigenvalue weighted by atomic mass is 10.1. The summed E-state index contributed by atoms with van der Waals surface area (Å²) in [5.41, 5.74) is 8.58. The fraction of sp³-hybridized carbons (Fsp3) is 0.588. The Hall–Kier alpha value is -1.31. The third-order valence-electron chi connectivity index (χ3n) is 3.06. The van der Waals surface area contributed by atoms with Gasteiger partial charge in [0.05, 0.1) is 0 Å². The van der Waals surface area contributed by atoms with Crippen molar-refractivity contribution in [1.82, 2.24) is 0 Å². The predicted octanol–water partition coefficient (Wildman–Crippen LogP) is 4.55. The topological polar surface area (TPSA) is 43.1 Å². The Bertz CT molecular complexity index is 350. The van der Waals surface area contributed by atoms with Crippen LogP contribution < -0.4 is 5.73 Å². The fourth-order valence-corrected chi connectivity index (χ4v) is 1.18. The molecular weight excluding hydrogens is 234 g/mol. The van der Waals surface area contributed by atoms with Crippen molar-refractivity contribution in [2.24, 2.45) is 11.7 Å². The van der Waals surface area contributed by atoms with Gasteiger partial charge in [-0.05, 0) is 37.8 Å². The van der Waals surface area contributed by atoms with Gasteiger partial charge >= 0.3 is 0 Å². The maximum absolute atomic E-state index is 9.22. The predicted molar refractivity (Wildman–Crippen MR) is 85.3 cm³/mol. The summed E-state index contributed by atoms with van der Waals surface area (Å²) in [5, 5.41) is 0. The molecule has 1 rings (SSSR count). The third kappa shape index (κ3) is 14.6. The van der Waals surface area contributed by atoms with E-state index in [-0.39, 0.29) is 5.91 Å². The number of carbonyl (C=O) groups is 1. The molecule has 1 aromatic rings. The van der Waals surface area contributed by atoms with Crippen LogP contribution in [0.1, 0.15) is 57.2 Å². The zero-order valence-electron chi connectivity index (χ0n) is 13.7. The Labute approximate surface area is 119 Å². The van der Waals surface area contributed by atoms with E-state index < -0.39 is 0 Å². The average Bonchev–Trinajstić information content (AvgIpc) is 2.33. The smallest absolute Gasteiger partial charge is 0.214 e. The molecule has 0 aliphatic heterocycles. The largest absolute Gasteiger partial charge is 0.370 e. The van der Waals surface area contributed by atoms with E-state index in [9.17, 15) is 4.79 Å². The number of aryl methyl sites for hydroxylation is 3. The van der Waals surface area contributed by atoms with E-state index in [0.29, 0.717) is 0 Å². The average molecular weight is 265 g/mol. The number of nitrogens with two attached hydrogens (primary N) is 1. The van der Waals surface area contributed by atoms with Crippen LogP contribution in [0.5, 0.6) is 0 Å². The first-order valence-electron chi connectivity index (χ1n) is 7.04. The summed E-state index contributed by atoms with van der Waals surface area (Å²) in [6, 6.07) is 6.50. The summed E-state index contributed by atoms with van der Waals surface area (Å²) >= 11 is 0. The highest BCUT2D eigenvalue weighted by molar-refractivity contribution is 5.70. The SMILES string of the molecule is CC(N)=O.CCC(C)CC.Cc1ccc(C)c(C)c1. The number of benzene rings is 1. The van der Waals surface area contributed by atoms with Crippen molar-refractivity contribution in [2.75, 3.05) is 0 Å². The van der Waals surface area contributed by atoms with E-state index in [2.05, 4.69) is 65.5 Å². The molecule has 0 aliphatic carbocycles. The van der Waals surface area contributed by atoms with Crippen LogP contribution in [-0.2, 0) is 4.79 Å². The van der Waals surface area contributed by atoms with Crippen molar-refractivity contribution in [3.63, 3.8) is 0 Å². The molecule has 0 aliphatic rings. The second-order valence-electron chi connectivity index (χ2n) is 5.12. The van der Waals surface area contributed by atoms with Gasteiger partial charge in [0.2, 0.25) is 5.91 Å². The van der Waals surface area contributed by atoms with Crippen molar-refractivity contribution in [2.45, 2.75) is 61.3 Å². The number of primary amides is 1. The lowest BCUT2D eigenvalue weighted by Crippen LogP contribution is -2.01. The molecular formula is C17H31NO. The highest BCUT2D eigenvalue weighted by Gasteiger charge is 1.89. The third-order valence-corrected chi connectivity index (χ3v) is 3.06. The van der Waals surface area contributed by atoms with Gasteiger partial charge in [0, 0.05) is 6.92 Å². The van der Waals surface area contributed by atoms with Gasteiger partial charge in [-0.3, -0.25) is 4.79 Å². The van der Waals surface area contributed by atoms with Gasteiger partial charge < -0.3 is 5.73 Å². The van der Waals surface area contributed by atoms with Gasteiger partial charge in [-0.2, -0.15) is 0 Å². The van der Waals surface area contributed by atoms with E-state index >= 15 is 0 Å². The summed E-state index contributed by atoms with van der Waals surface area (Å²) in [6.07, 6.45) is 2.66. The number of hydrogen-bond donors (Lipinski definition) is 1. The molecule has 2 N–H and O–H groups in total. The van der Waals surface area contributed by atoms with Gasteiger partial charge in [-0.1, -0.05) is 57.4 Å². The molecule has 0 radical (unpaired) electrons. The Kier molecular flexibility index (Phi) is 12.4. The molecule has 0 atom stereocenters. The van der Waals surface area contributed by atoms with Crippen molar-refractivity contribution >= 4 is 5.91 Å². The summed E-state index contributed by atoms with van der Waals surface area (Å²) in [4.78, 5) is 9.22. The van der Waals surface area contributed by atoms with Crippen LogP contribution in [-0.4, -0.2) is 5.91 Å². The lowest BCUT2D eigenvalue weighted by Gasteiger charge is -1.98. The van der Waals surface area contributed by atoms with Crippen LogP contribution >= 0.6 is 0 Å². The van der Waals surface area contributed by atoms with Crippen LogP contribution in [0.15, 0.2) is 18.2 Å². The number of hydrogen-bond acceptors (Lipinski definition) is 1. The first kappa shape index (κ1) is 20.0. The summed E-state index contributed by atoms with van der Waals surface area (Å²) < 4.78 is 0. The summed E-state index contributed by atoms with van der Waals surface area (Å²) in [7, 11) is 0. The minimum absolute atomic E-state index is 0.333. The molecule has 0 aromatic heterocycles. The van der Waals surface area contributed by atoms with E-state index in [0.717, 1.165) is 5.92 Å². The van der Waals surface area contributed by atoms with E-state index in [1.54, 1.807) is 0 Å². The van der Waals surface area contributed by atoms with Gasteiger partial charge in [0.15, 0.2) is 0 Å². The molecule has 2 heteroatoms. The summed E-state index contributed by atoms with van der Waals surface area (Å²) in [6.45, 7) is 14.4. The quantitative estimate of drug-likeness (QED) is 0.837. The van der Waals surface area contributed by atoms with Crippen molar-refractivity contribution < 1.29 is 4.79 Å². The first-order valence-corrected chi connectivity index (χ1v) is 7.04. The number of rotatable bonds is 2. The fourth-order valence-electron chi connectivity index (χ4n) is 1.18. The normalized spacial score (nSPS) is 9.05. The molecule has 0 heterocycles. The van der Waals surface area contributed by atoms with Crippen LogP contribution in [0.25, 0.3) is 0 Å². The second-order valence-corrected chi connectivity index (χ2v) is 5.12. The van der Waals surface area contributed by atoms with Gasteiger partial charge in [0.1, 0.15) is 0 Å². The van der Waals surface area contributed by atoms with Gasteiger partial charge in [-0.25, -0.2) is 0 Å². The van der Waals surface area contributed by atoms with E-state index in [1.807, 2.05) is 0 Å². The molecule has 0 unspecified atom stereocenters. The standard InChI is InChI=1S/C9H12.C6H14.C2H5NO/c1-7-4-5-8(2)9(3)6-7;1-4-6(3)5-2;1-2(3)4/h4-6H,1-3H3;6H,4-5H2,1-3H3;1H3,(H2,3,4). The zero-order valence-corrected chi connectivity index (χ0v) is 13.7. The van der Waals surface area contributed by atoms with E-state index in [4.69, 9.17) is 0 Å². The van der Waals surface area contributed by atoms with Crippen LogP contribution in [0, 0.1) is 26.7 Å². The number of carbonyl (C=O) groups excluding carboxylic acids is 1. The summed E-state index contributed by atoms with van der Waals surface area (Å²) in [5.74, 6) is 0.602. The van der Waals surface area contributed by atoms with Crippen molar-refractivity contribution in [3.8, 4) is 0 Å². The minimum Gasteiger partial charge on any atom is -0.370 e. The molecule has 0 saturated heterocycles. The molecule has 1 amide bonds. The van der Waals surface area contributed by atoms with Gasteiger partial charge in [-0.15, -0.1) is 0 Å². The van der Waals surface area contributed by atoms with Crippen LogP contribution in [0.4, 0.5) is 0 Å². The molecule has 2 nitrogen and oxygen atoms in total. The highest BCUT2D eigenvalue weighted by atomic mass is 16.1. The molecule has 0 spiro atoms. The zero-order chi connectivity index (χ0) is 15.4. The molecule has 0 bridgehead atoms. The van der Waals surface area contributed by atoms with E-state index in [1.165, 1.54) is 36.5 Å². The number of amides is 1. The molecule has 110 valence electrons. The lowest BCUT2D eigenvalue weighted by molar-refractivity contribution is -0.115. The Morgan fingerprint density at radius 1 is 1.11 bits per heavy atom. The molecule has 1 aromatic carbocycles. The van der Waals surface area contributed by atoms with Crippen molar-refractivity contribution in [3.05, 3.63) is 34.9 Å². The molecule has 0 saturated carbocycles. The van der Waals surface area contributed by atoms with Crippen molar-refractivity contribution in [1.29, 1.82) is 0 Å². The minimum atomic E-state index is -0.333.